The Hall–Kier alpha value is -2.24. The molecule has 0 aliphatic carbocycles. The zero-order chi connectivity index (χ0) is 18.9. The lowest BCUT2D eigenvalue weighted by atomic mass is 9.94. The lowest BCUT2D eigenvalue weighted by Gasteiger charge is -2.25. The highest BCUT2D eigenvalue weighted by Crippen LogP contribution is 2.20. The number of pyridine rings is 1. The number of rotatable bonds is 8. The summed E-state index contributed by atoms with van der Waals surface area (Å²) in [6.07, 6.45) is 7.06. The first-order valence-corrected chi connectivity index (χ1v) is 9.90. The van der Waals surface area contributed by atoms with Crippen LogP contribution in [0.3, 0.4) is 0 Å². The molecule has 0 saturated carbocycles. The maximum absolute atomic E-state index is 13.0. The van der Waals surface area contributed by atoms with Gasteiger partial charge in [-0.3, -0.25) is 9.78 Å². The molecule has 1 saturated heterocycles. The zero-order valence-corrected chi connectivity index (χ0v) is 16.1. The first kappa shape index (κ1) is 19.5. The summed E-state index contributed by atoms with van der Waals surface area (Å²) in [6.45, 7) is 5.65. The molecule has 1 aliphatic heterocycles. The minimum atomic E-state index is -0.324. The van der Waals surface area contributed by atoms with Crippen LogP contribution in [0.25, 0.3) is 0 Å². The van der Waals surface area contributed by atoms with Crippen molar-refractivity contribution < 1.29 is 4.79 Å². The third-order valence-corrected chi connectivity index (χ3v) is 5.34. The molecule has 0 spiro atoms. The molecule has 5 nitrogen and oxygen atoms in total. The molecule has 1 atom stereocenters. The molecule has 1 aliphatic rings. The second-order valence-electron chi connectivity index (χ2n) is 7.30. The van der Waals surface area contributed by atoms with Crippen molar-refractivity contribution in [3.05, 3.63) is 65.5 Å². The monoisotopic (exact) mass is 366 g/mol. The number of amides is 1. The Morgan fingerprint density at radius 3 is 2.67 bits per heavy atom. The molecule has 1 aromatic heterocycles. The number of hydrogen-bond acceptors (Lipinski definition) is 4. The minimum Gasteiger partial charge on any atom is -0.350 e. The van der Waals surface area contributed by atoms with Gasteiger partial charge in [-0.05, 0) is 80.6 Å². The number of nitrogens with one attached hydrogen (secondary N) is 3. The van der Waals surface area contributed by atoms with Crippen molar-refractivity contribution in [2.24, 2.45) is 5.92 Å². The van der Waals surface area contributed by atoms with Crippen LogP contribution >= 0.6 is 0 Å². The van der Waals surface area contributed by atoms with E-state index in [-0.39, 0.29) is 11.9 Å². The van der Waals surface area contributed by atoms with Gasteiger partial charge >= 0.3 is 0 Å². The van der Waals surface area contributed by atoms with Crippen LogP contribution in [0.4, 0.5) is 0 Å². The molecule has 0 bridgehead atoms. The third kappa shape index (κ3) is 5.88. The van der Waals surface area contributed by atoms with E-state index in [9.17, 15) is 4.79 Å². The van der Waals surface area contributed by atoms with Gasteiger partial charge in [0.1, 0.15) is 6.04 Å². The summed E-state index contributed by atoms with van der Waals surface area (Å²) in [7, 11) is 0. The van der Waals surface area contributed by atoms with Gasteiger partial charge in [0, 0.05) is 18.9 Å². The highest BCUT2D eigenvalue weighted by molar-refractivity contribution is 5.83. The van der Waals surface area contributed by atoms with Crippen LogP contribution in [0.1, 0.15) is 42.0 Å². The summed E-state index contributed by atoms with van der Waals surface area (Å²) in [4.78, 5) is 17.0. The molecule has 5 heteroatoms. The van der Waals surface area contributed by atoms with Crippen molar-refractivity contribution in [2.45, 2.75) is 38.8 Å². The smallest absolute Gasteiger partial charge is 0.242 e. The fourth-order valence-corrected chi connectivity index (χ4v) is 3.65. The van der Waals surface area contributed by atoms with Crippen LogP contribution in [0.15, 0.2) is 48.8 Å². The van der Waals surface area contributed by atoms with E-state index in [2.05, 4.69) is 33.9 Å². The molecular formula is C22H30N4O. The molecule has 1 unspecified atom stereocenters. The summed E-state index contributed by atoms with van der Waals surface area (Å²) in [5, 5.41) is 10.00. The van der Waals surface area contributed by atoms with Gasteiger partial charge in [-0.2, -0.15) is 0 Å². The second-order valence-corrected chi connectivity index (χ2v) is 7.30. The quantitative estimate of drug-likeness (QED) is 0.672. The summed E-state index contributed by atoms with van der Waals surface area (Å²) in [5.74, 6) is 0.766. The van der Waals surface area contributed by atoms with Crippen molar-refractivity contribution in [2.75, 3.05) is 19.6 Å². The summed E-state index contributed by atoms with van der Waals surface area (Å²) in [6, 6.07) is 11.6. The first-order valence-electron chi connectivity index (χ1n) is 9.90. The fourth-order valence-electron chi connectivity index (χ4n) is 3.65. The number of aryl methyl sites for hydroxylation is 1. The van der Waals surface area contributed by atoms with Crippen molar-refractivity contribution >= 4 is 5.91 Å². The van der Waals surface area contributed by atoms with E-state index < -0.39 is 0 Å². The molecular weight excluding hydrogens is 336 g/mol. The number of carbonyl (C=O) groups is 1. The second kappa shape index (κ2) is 10.2. The number of benzene rings is 1. The molecule has 2 heterocycles. The van der Waals surface area contributed by atoms with Crippen LogP contribution in [0.2, 0.25) is 0 Å². The average Bonchev–Trinajstić information content (AvgIpc) is 2.72. The molecule has 1 fully saturated rings. The lowest BCUT2D eigenvalue weighted by molar-refractivity contribution is -0.123. The number of aromatic nitrogens is 1. The predicted octanol–water partition coefficient (Wildman–Crippen LogP) is 2.73. The van der Waals surface area contributed by atoms with Gasteiger partial charge in [-0.1, -0.05) is 24.3 Å². The zero-order valence-electron chi connectivity index (χ0n) is 16.1. The van der Waals surface area contributed by atoms with Crippen molar-refractivity contribution in [1.29, 1.82) is 0 Å². The van der Waals surface area contributed by atoms with Crippen LogP contribution in [0, 0.1) is 12.8 Å². The van der Waals surface area contributed by atoms with E-state index in [0.717, 1.165) is 48.7 Å². The standard InChI is InChI=1S/C22H30N4O/c1-17-4-2-3-5-20(17)21(25-15-10-18-6-11-23-12-7-18)22(27)26-16-19-8-13-24-14-9-19/h2-5,8-9,13-14,18,21,23,25H,6-7,10-12,15-16H2,1H3,(H,26,27). The van der Waals surface area contributed by atoms with Gasteiger partial charge in [0.05, 0.1) is 0 Å². The highest BCUT2D eigenvalue weighted by atomic mass is 16.2. The topological polar surface area (TPSA) is 66.0 Å². The molecule has 2 aromatic rings. The SMILES string of the molecule is Cc1ccccc1C(NCCC1CCNCC1)C(=O)NCc1ccncc1. The normalized spacial score (nSPS) is 16.0. The van der Waals surface area contributed by atoms with Gasteiger partial charge in [-0.15, -0.1) is 0 Å². The maximum Gasteiger partial charge on any atom is 0.242 e. The summed E-state index contributed by atoms with van der Waals surface area (Å²) >= 11 is 0. The number of carbonyl (C=O) groups excluding carboxylic acids is 1. The molecule has 3 rings (SSSR count). The van der Waals surface area contributed by atoms with E-state index in [4.69, 9.17) is 0 Å². The number of hydrogen-bond donors (Lipinski definition) is 3. The maximum atomic E-state index is 13.0. The average molecular weight is 367 g/mol. The van der Waals surface area contributed by atoms with Crippen LogP contribution < -0.4 is 16.0 Å². The Labute approximate surface area is 162 Å². The molecule has 1 aromatic carbocycles. The molecule has 0 radical (unpaired) electrons. The van der Waals surface area contributed by atoms with E-state index in [1.807, 2.05) is 30.3 Å². The Morgan fingerprint density at radius 2 is 1.93 bits per heavy atom. The molecule has 27 heavy (non-hydrogen) atoms. The fraction of sp³-hybridized carbons (Fsp3) is 0.455. The van der Waals surface area contributed by atoms with Gasteiger partial charge in [0.2, 0.25) is 5.91 Å². The van der Waals surface area contributed by atoms with Crippen LogP contribution in [-0.2, 0) is 11.3 Å². The van der Waals surface area contributed by atoms with Crippen molar-refractivity contribution in [1.82, 2.24) is 20.9 Å². The molecule has 3 N–H and O–H groups in total. The highest BCUT2D eigenvalue weighted by Gasteiger charge is 2.22. The van der Waals surface area contributed by atoms with Crippen LogP contribution in [-0.4, -0.2) is 30.5 Å². The number of piperidine rings is 1. The van der Waals surface area contributed by atoms with Crippen molar-refractivity contribution in [3.63, 3.8) is 0 Å². The van der Waals surface area contributed by atoms with E-state index in [1.165, 1.54) is 12.8 Å². The molecule has 1 amide bonds. The Morgan fingerprint density at radius 1 is 1.19 bits per heavy atom. The van der Waals surface area contributed by atoms with Gasteiger partial charge < -0.3 is 16.0 Å². The minimum absolute atomic E-state index is 0.0198. The third-order valence-electron chi connectivity index (χ3n) is 5.34. The Kier molecular flexibility index (Phi) is 7.36. The summed E-state index contributed by atoms with van der Waals surface area (Å²) in [5.41, 5.74) is 3.24. The summed E-state index contributed by atoms with van der Waals surface area (Å²) < 4.78 is 0. The van der Waals surface area contributed by atoms with Gasteiger partial charge in [0.15, 0.2) is 0 Å². The van der Waals surface area contributed by atoms with Gasteiger partial charge in [0.25, 0.3) is 0 Å². The predicted molar refractivity (Wildman–Crippen MR) is 108 cm³/mol. The Bertz CT molecular complexity index is 713. The molecule has 144 valence electrons. The lowest BCUT2D eigenvalue weighted by Crippen LogP contribution is -2.39. The number of nitrogens with zero attached hydrogens (tertiary/aromatic N) is 1. The van der Waals surface area contributed by atoms with Gasteiger partial charge in [-0.25, -0.2) is 0 Å². The Balaban J connectivity index is 1.61. The first-order chi connectivity index (χ1) is 13.2. The van der Waals surface area contributed by atoms with E-state index >= 15 is 0 Å². The van der Waals surface area contributed by atoms with Crippen molar-refractivity contribution in [3.8, 4) is 0 Å². The van der Waals surface area contributed by atoms with Crippen LogP contribution in [0.5, 0.6) is 0 Å². The largest absolute Gasteiger partial charge is 0.350 e. The van der Waals surface area contributed by atoms with E-state index in [1.54, 1.807) is 12.4 Å². The van der Waals surface area contributed by atoms with E-state index in [0.29, 0.717) is 6.54 Å².